The molecule has 1 amide bonds. The van der Waals surface area contributed by atoms with Crippen LogP contribution in [0.1, 0.15) is 311 Å². The second-order valence-corrected chi connectivity index (χ2v) is 20.2. The van der Waals surface area contributed by atoms with E-state index < -0.39 is 0 Å². The van der Waals surface area contributed by atoms with E-state index in [9.17, 15) is 19.2 Å². The molecule has 66 heavy (non-hydrogen) atoms. The van der Waals surface area contributed by atoms with Crippen molar-refractivity contribution in [2.75, 3.05) is 19.8 Å². The minimum Gasteiger partial charge on any atom is -0.466 e. The molecule has 2 unspecified atom stereocenters. The fraction of sp³-hybridized carbons (Fsp3) is 0.931. The predicted octanol–water partition coefficient (Wildman–Crippen LogP) is 17.2. The summed E-state index contributed by atoms with van der Waals surface area (Å²) in [6.07, 6.45) is 46.8. The summed E-state index contributed by atoms with van der Waals surface area (Å²) in [5.41, 5.74) is 0. The maximum Gasteiger partial charge on any atom is 0.305 e. The molecular formula is C58H111NO7. The lowest BCUT2D eigenvalue weighted by atomic mass is 9.95. The van der Waals surface area contributed by atoms with Gasteiger partial charge in [0.2, 0.25) is 5.91 Å². The first kappa shape index (κ1) is 63.9. The van der Waals surface area contributed by atoms with Gasteiger partial charge in [0.15, 0.2) is 0 Å². The summed E-state index contributed by atoms with van der Waals surface area (Å²) >= 11 is 0. The molecule has 0 saturated heterocycles. The summed E-state index contributed by atoms with van der Waals surface area (Å²) in [5.74, 6) is 0.827. The van der Waals surface area contributed by atoms with E-state index in [1.807, 2.05) is 6.92 Å². The van der Waals surface area contributed by atoms with E-state index >= 15 is 0 Å². The third-order valence-electron chi connectivity index (χ3n) is 13.6. The Kier molecular flexibility index (Phi) is 49.1. The van der Waals surface area contributed by atoms with E-state index in [2.05, 4.69) is 33.0 Å². The Balaban J connectivity index is 4.91. The molecule has 390 valence electrons. The number of amides is 1. The number of carbonyl (C=O) groups excluding carboxylic acids is 4. The summed E-state index contributed by atoms with van der Waals surface area (Å²) in [5, 5.41) is 3.35. The zero-order chi connectivity index (χ0) is 48.4. The van der Waals surface area contributed by atoms with Gasteiger partial charge in [-0.05, 0) is 83.0 Å². The van der Waals surface area contributed by atoms with Gasteiger partial charge in [-0.2, -0.15) is 0 Å². The Hall–Kier alpha value is -2.12. The average molecular weight is 935 g/mol. The largest absolute Gasteiger partial charge is 0.466 e. The fourth-order valence-electron chi connectivity index (χ4n) is 9.27. The highest BCUT2D eigenvalue weighted by molar-refractivity contribution is 5.76. The van der Waals surface area contributed by atoms with Gasteiger partial charge in [0.05, 0.1) is 19.8 Å². The standard InChI is InChI=1S/C58H111NO7/c1-6-11-15-19-24-32-42-52(40-30-22-17-13-8-3)50-65-57(62)48-38-28-34-44-54(59-55(60)46-36-26-21-27-37-47-56(61)64-10-5)45-35-29-39-49-58(63)66-51-53(41-31-23-18-14-9-4)43-33-25-20-16-12-7-2/h52-54H,6-51H2,1-5H3,(H,59,60). The predicted molar refractivity (Wildman–Crippen MR) is 279 cm³/mol. The number of hydrogen-bond acceptors (Lipinski definition) is 7. The monoisotopic (exact) mass is 934 g/mol. The minimum atomic E-state index is -0.125. The topological polar surface area (TPSA) is 108 Å². The number of unbranched alkanes of at least 4 members (excludes halogenated alkanes) is 26. The second-order valence-electron chi connectivity index (χ2n) is 20.2. The molecule has 8 heteroatoms. The van der Waals surface area contributed by atoms with Gasteiger partial charge in [-0.1, -0.05) is 214 Å². The first-order valence-electron chi connectivity index (χ1n) is 29.0. The van der Waals surface area contributed by atoms with Gasteiger partial charge in [-0.3, -0.25) is 19.2 Å². The molecule has 0 aromatic carbocycles. The van der Waals surface area contributed by atoms with Gasteiger partial charge < -0.3 is 19.5 Å². The van der Waals surface area contributed by atoms with Gasteiger partial charge in [-0.25, -0.2) is 0 Å². The maximum atomic E-state index is 13.1. The second kappa shape index (κ2) is 50.7. The molecule has 2 atom stereocenters. The van der Waals surface area contributed by atoms with Crippen molar-refractivity contribution in [1.82, 2.24) is 5.32 Å². The highest BCUT2D eigenvalue weighted by atomic mass is 16.5. The van der Waals surface area contributed by atoms with Crippen molar-refractivity contribution in [3.63, 3.8) is 0 Å². The van der Waals surface area contributed by atoms with E-state index in [-0.39, 0.29) is 29.9 Å². The average Bonchev–Trinajstić information content (AvgIpc) is 3.30. The molecule has 0 aliphatic rings. The van der Waals surface area contributed by atoms with Crippen molar-refractivity contribution in [2.24, 2.45) is 11.8 Å². The van der Waals surface area contributed by atoms with Crippen LogP contribution in [0.15, 0.2) is 0 Å². The van der Waals surface area contributed by atoms with E-state index in [0.29, 0.717) is 57.3 Å². The molecule has 0 aliphatic heterocycles. The molecule has 0 heterocycles. The Labute approximate surface area is 409 Å². The zero-order valence-electron chi connectivity index (χ0n) is 44.6. The van der Waals surface area contributed by atoms with Gasteiger partial charge in [0.25, 0.3) is 0 Å². The molecule has 1 N–H and O–H groups in total. The van der Waals surface area contributed by atoms with Gasteiger partial charge in [-0.15, -0.1) is 0 Å². The smallest absolute Gasteiger partial charge is 0.305 e. The van der Waals surface area contributed by atoms with Crippen LogP contribution >= 0.6 is 0 Å². The SMILES string of the molecule is CCCCCCCCC(CCCCCCC)COC(=O)CCCCCC(CCCCCC(=O)OCC(CCCCCCC)CCCCCCCC)NC(=O)CCCCCCCC(=O)OCC. The summed E-state index contributed by atoms with van der Waals surface area (Å²) in [7, 11) is 0. The third kappa shape index (κ3) is 45.7. The number of ether oxygens (including phenoxy) is 3. The molecular weight excluding hydrogens is 823 g/mol. The molecule has 0 bridgehead atoms. The zero-order valence-corrected chi connectivity index (χ0v) is 44.6. The van der Waals surface area contributed by atoms with Gasteiger partial charge >= 0.3 is 17.9 Å². The molecule has 0 aromatic heterocycles. The highest BCUT2D eigenvalue weighted by Gasteiger charge is 2.16. The van der Waals surface area contributed by atoms with Crippen LogP contribution in [0.2, 0.25) is 0 Å². The lowest BCUT2D eigenvalue weighted by Gasteiger charge is -2.19. The van der Waals surface area contributed by atoms with E-state index in [0.717, 1.165) is 83.5 Å². The van der Waals surface area contributed by atoms with Crippen molar-refractivity contribution in [2.45, 2.75) is 317 Å². The molecule has 0 saturated carbocycles. The Morgan fingerprint density at radius 3 is 0.939 bits per heavy atom. The van der Waals surface area contributed by atoms with Crippen LogP contribution in [0.25, 0.3) is 0 Å². The number of esters is 3. The maximum absolute atomic E-state index is 13.1. The Bertz CT molecular complexity index is 1020. The first-order chi connectivity index (χ1) is 32.3. The Morgan fingerprint density at radius 2 is 0.591 bits per heavy atom. The summed E-state index contributed by atoms with van der Waals surface area (Å²) in [6.45, 7) is 12.4. The van der Waals surface area contributed by atoms with Crippen molar-refractivity contribution in [3.8, 4) is 0 Å². The lowest BCUT2D eigenvalue weighted by molar-refractivity contribution is -0.146. The molecule has 8 nitrogen and oxygen atoms in total. The first-order valence-corrected chi connectivity index (χ1v) is 29.0. The number of carbonyl (C=O) groups is 4. The normalized spacial score (nSPS) is 12.7. The molecule has 0 aliphatic carbocycles. The molecule has 0 spiro atoms. The highest BCUT2D eigenvalue weighted by Crippen LogP contribution is 2.22. The van der Waals surface area contributed by atoms with Crippen LogP contribution < -0.4 is 5.32 Å². The summed E-state index contributed by atoms with van der Waals surface area (Å²) < 4.78 is 16.8. The summed E-state index contributed by atoms with van der Waals surface area (Å²) in [4.78, 5) is 50.4. The number of rotatable bonds is 52. The molecule has 0 rings (SSSR count). The lowest BCUT2D eigenvalue weighted by Crippen LogP contribution is -2.34. The van der Waals surface area contributed by atoms with Crippen LogP contribution in [0.3, 0.4) is 0 Å². The number of nitrogens with one attached hydrogen (secondary N) is 1. The van der Waals surface area contributed by atoms with E-state index in [1.54, 1.807) is 0 Å². The molecule has 0 fully saturated rings. The van der Waals surface area contributed by atoms with Crippen molar-refractivity contribution < 1.29 is 33.4 Å². The summed E-state index contributed by atoms with van der Waals surface area (Å²) in [6, 6.07) is 0.0982. The van der Waals surface area contributed by atoms with Crippen LogP contribution in [0.5, 0.6) is 0 Å². The van der Waals surface area contributed by atoms with E-state index in [4.69, 9.17) is 14.2 Å². The minimum absolute atomic E-state index is 0.0612. The van der Waals surface area contributed by atoms with Crippen molar-refractivity contribution in [1.29, 1.82) is 0 Å². The van der Waals surface area contributed by atoms with Crippen molar-refractivity contribution in [3.05, 3.63) is 0 Å². The molecule has 0 radical (unpaired) electrons. The van der Waals surface area contributed by atoms with E-state index in [1.165, 1.54) is 167 Å². The quantitative estimate of drug-likeness (QED) is 0.0368. The fourth-order valence-corrected chi connectivity index (χ4v) is 9.27. The number of hydrogen-bond donors (Lipinski definition) is 1. The van der Waals surface area contributed by atoms with Crippen LogP contribution in [-0.4, -0.2) is 49.7 Å². The van der Waals surface area contributed by atoms with Gasteiger partial charge in [0.1, 0.15) is 0 Å². The van der Waals surface area contributed by atoms with Crippen LogP contribution in [0, 0.1) is 11.8 Å². The Morgan fingerprint density at radius 1 is 0.318 bits per heavy atom. The van der Waals surface area contributed by atoms with Gasteiger partial charge in [0, 0.05) is 31.7 Å². The van der Waals surface area contributed by atoms with Crippen LogP contribution in [-0.2, 0) is 33.4 Å². The van der Waals surface area contributed by atoms with Crippen LogP contribution in [0.4, 0.5) is 0 Å². The van der Waals surface area contributed by atoms with Crippen molar-refractivity contribution >= 4 is 23.8 Å². The third-order valence-corrected chi connectivity index (χ3v) is 13.6. The molecule has 0 aromatic rings.